The molecule has 7 nitrogen and oxygen atoms in total. The van der Waals surface area contributed by atoms with Crippen LogP contribution in [-0.4, -0.2) is 67.1 Å². The number of benzene rings is 1. The number of amides is 1. The minimum absolute atomic E-state index is 0.118. The van der Waals surface area contributed by atoms with Crippen LogP contribution in [-0.2, 0) is 0 Å². The van der Waals surface area contributed by atoms with Crippen LogP contribution >= 0.6 is 0 Å². The van der Waals surface area contributed by atoms with Gasteiger partial charge in [-0.25, -0.2) is 4.68 Å². The molecule has 0 radical (unpaired) electrons. The standard InChI is InChI=1S/C20H24F3N5O2/c1-26-6-8-27(9-7-26)19(29)15-12-24-28-17(20(21,22)23)11-16(25-18(15)28)13-4-3-5-14(10-13)30-2/h3-5,10,12,16-17,25H,6-9,11H2,1-2H3/p+1/t16-,17+/m0/s1. The largest absolute Gasteiger partial charge is 0.497 e. The van der Waals surface area contributed by atoms with Crippen LogP contribution in [0.25, 0.3) is 0 Å². The molecule has 1 aromatic heterocycles. The summed E-state index contributed by atoms with van der Waals surface area (Å²) in [5.74, 6) is 0.393. The second-order valence-corrected chi connectivity index (χ2v) is 7.87. The molecule has 2 N–H and O–H groups in total. The van der Waals surface area contributed by atoms with Crippen LogP contribution in [0.2, 0.25) is 0 Å². The van der Waals surface area contributed by atoms with Crippen LogP contribution in [0.15, 0.2) is 30.5 Å². The van der Waals surface area contributed by atoms with Crippen molar-refractivity contribution in [1.82, 2.24) is 14.7 Å². The highest BCUT2D eigenvalue weighted by atomic mass is 19.4. The van der Waals surface area contributed by atoms with Crippen molar-refractivity contribution < 1.29 is 27.6 Å². The Kier molecular flexibility index (Phi) is 5.35. The number of carbonyl (C=O) groups excluding carboxylic acids is 1. The zero-order valence-electron chi connectivity index (χ0n) is 16.9. The van der Waals surface area contributed by atoms with Crippen LogP contribution in [0.1, 0.15) is 34.4 Å². The van der Waals surface area contributed by atoms with Crippen molar-refractivity contribution in [3.63, 3.8) is 0 Å². The van der Waals surface area contributed by atoms with Gasteiger partial charge in [-0.15, -0.1) is 0 Å². The van der Waals surface area contributed by atoms with Gasteiger partial charge in [0.25, 0.3) is 5.91 Å². The second-order valence-electron chi connectivity index (χ2n) is 7.87. The highest BCUT2D eigenvalue weighted by Gasteiger charge is 2.47. The zero-order chi connectivity index (χ0) is 21.5. The van der Waals surface area contributed by atoms with Crippen molar-refractivity contribution in [2.75, 3.05) is 45.7 Å². The number of ether oxygens (including phenoxy) is 1. The van der Waals surface area contributed by atoms with Gasteiger partial charge in [0.2, 0.25) is 0 Å². The predicted molar refractivity (Wildman–Crippen MR) is 104 cm³/mol. The molecule has 2 aliphatic heterocycles. The van der Waals surface area contributed by atoms with E-state index in [1.165, 1.54) is 18.2 Å². The number of hydrogen-bond acceptors (Lipinski definition) is 4. The first-order valence-corrected chi connectivity index (χ1v) is 9.93. The van der Waals surface area contributed by atoms with Crippen LogP contribution in [0.4, 0.5) is 19.0 Å². The van der Waals surface area contributed by atoms with Gasteiger partial charge in [-0.3, -0.25) is 4.79 Å². The summed E-state index contributed by atoms with van der Waals surface area (Å²) < 4.78 is 47.7. The third-order valence-electron chi connectivity index (χ3n) is 5.87. The van der Waals surface area contributed by atoms with E-state index in [4.69, 9.17) is 4.74 Å². The Labute approximate surface area is 172 Å². The number of anilines is 1. The number of nitrogens with one attached hydrogen (secondary N) is 2. The maximum atomic E-state index is 13.9. The van der Waals surface area contributed by atoms with E-state index < -0.39 is 18.3 Å². The Balaban J connectivity index is 1.68. The molecule has 0 unspecified atom stereocenters. The Morgan fingerprint density at radius 3 is 2.70 bits per heavy atom. The third kappa shape index (κ3) is 3.83. The number of hydrogen-bond donors (Lipinski definition) is 2. The first-order valence-electron chi connectivity index (χ1n) is 9.93. The van der Waals surface area contributed by atoms with Gasteiger partial charge in [-0.2, -0.15) is 18.3 Å². The Bertz CT molecular complexity index is 921. The Hall–Kier alpha value is -2.75. The molecule has 1 saturated heterocycles. The van der Waals surface area contributed by atoms with Gasteiger partial charge in [0, 0.05) is 6.42 Å². The normalized spacial score (nSPS) is 22.4. The fraction of sp³-hybridized carbons (Fsp3) is 0.500. The van der Waals surface area contributed by atoms with Crippen LogP contribution in [0.5, 0.6) is 5.75 Å². The Morgan fingerprint density at radius 1 is 1.30 bits per heavy atom. The first-order chi connectivity index (χ1) is 14.3. The number of halogens is 3. The molecule has 4 rings (SSSR count). The van der Waals surface area contributed by atoms with E-state index in [0.29, 0.717) is 24.4 Å². The van der Waals surface area contributed by atoms with E-state index in [2.05, 4.69) is 17.5 Å². The van der Waals surface area contributed by atoms with Gasteiger partial charge in [0.05, 0.1) is 52.6 Å². The lowest BCUT2D eigenvalue weighted by Gasteiger charge is -2.35. The average molecular weight is 424 g/mol. The molecule has 0 bridgehead atoms. The summed E-state index contributed by atoms with van der Waals surface area (Å²) in [5.41, 5.74) is 0.842. The molecule has 3 heterocycles. The fourth-order valence-electron chi connectivity index (χ4n) is 4.06. The van der Waals surface area contributed by atoms with Crippen LogP contribution in [0, 0.1) is 0 Å². The Morgan fingerprint density at radius 2 is 2.03 bits per heavy atom. The van der Waals surface area contributed by atoms with Crippen molar-refractivity contribution in [3.8, 4) is 5.75 Å². The molecule has 1 aromatic carbocycles. The molecule has 2 atom stereocenters. The highest BCUT2D eigenvalue weighted by molar-refractivity contribution is 5.99. The molecule has 162 valence electrons. The first kappa shape index (κ1) is 20.5. The van der Waals surface area contributed by atoms with E-state index in [9.17, 15) is 18.0 Å². The number of nitrogens with zero attached hydrogens (tertiary/aromatic N) is 3. The number of fused-ring (bicyclic) bond motifs is 1. The summed E-state index contributed by atoms with van der Waals surface area (Å²) in [7, 11) is 3.56. The predicted octanol–water partition coefficient (Wildman–Crippen LogP) is 1.52. The maximum absolute atomic E-state index is 13.9. The molecule has 1 fully saturated rings. The van der Waals surface area contributed by atoms with Crippen molar-refractivity contribution in [2.24, 2.45) is 0 Å². The maximum Gasteiger partial charge on any atom is 0.410 e. The van der Waals surface area contributed by atoms with Crippen LogP contribution < -0.4 is 15.0 Å². The van der Waals surface area contributed by atoms with Gasteiger partial charge in [-0.05, 0) is 17.7 Å². The van der Waals surface area contributed by atoms with E-state index in [0.717, 1.165) is 17.8 Å². The van der Waals surface area contributed by atoms with Crippen LogP contribution in [0.3, 0.4) is 0 Å². The lowest BCUT2D eigenvalue weighted by Crippen LogP contribution is -3.12. The SMILES string of the molecule is COc1cccc([C@@H]2C[C@H](C(F)(F)F)n3ncc(C(=O)N4CC[NH+](C)CC4)c3N2)c1. The summed E-state index contributed by atoms with van der Waals surface area (Å²) in [6, 6.07) is 4.50. The smallest absolute Gasteiger partial charge is 0.410 e. The number of piperazine rings is 1. The number of aromatic nitrogens is 2. The van der Waals surface area contributed by atoms with E-state index in [1.807, 2.05) is 0 Å². The summed E-state index contributed by atoms with van der Waals surface area (Å²) in [6.07, 6.45) is -3.46. The molecule has 30 heavy (non-hydrogen) atoms. The van der Waals surface area contributed by atoms with Crippen molar-refractivity contribution >= 4 is 11.7 Å². The number of quaternary nitrogens is 1. The second kappa shape index (κ2) is 7.82. The molecular weight excluding hydrogens is 399 g/mol. The molecule has 0 aliphatic carbocycles. The van der Waals surface area contributed by atoms with Crippen molar-refractivity contribution in [2.45, 2.75) is 24.7 Å². The topological polar surface area (TPSA) is 63.8 Å². The number of rotatable bonds is 3. The van der Waals surface area contributed by atoms with E-state index in [-0.39, 0.29) is 23.7 Å². The van der Waals surface area contributed by atoms with E-state index in [1.54, 1.807) is 29.2 Å². The number of carbonyl (C=O) groups is 1. The fourth-order valence-corrected chi connectivity index (χ4v) is 4.06. The zero-order valence-corrected chi connectivity index (χ0v) is 16.9. The number of likely N-dealkylation sites (N-methyl/N-ethyl adjacent to an activating group) is 1. The number of methoxy groups -OCH3 is 1. The summed E-state index contributed by atoms with van der Waals surface area (Å²) >= 11 is 0. The van der Waals surface area contributed by atoms with Gasteiger partial charge in [0.15, 0.2) is 6.04 Å². The highest BCUT2D eigenvalue weighted by Crippen LogP contribution is 2.44. The molecule has 2 aliphatic rings. The van der Waals surface area contributed by atoms with E-state index >= 15 is 0 Å². The number of alkyl halides is 3. The summed E-state index contributed by atoms with van der Waals surface area (Å²) in [4.78, 5) is 16.1. The van der Waals surface area contributed by atoms with Crippen molar-refractivity contribution in [3.05, 3.63) is 41.6 Å². The van der Waals surface area contributed by atoms with Gasteiger partial charge >= 0.3 is 6.18 Å². The monoisotopic (exact) mass is 424 g/mol. The molecule has 2 aromatic rings. The quantitative estimate of drug-likeness (QED) is 0.785. The van der Waals surface area contributed by atoms with Crippen molar-refractivity contribution in [1.29, 1.82) is 0 Å². The average Bonchev–Trinajstić information content (AvgIpc) is 3.16. The lowest BCUT2D eigenvalue weighted by molar-refractivity contribution is -0.883. The van der Waals surface area contributed by atoms with Gasteiger partial charge in [-0.1, -0.05) is 12.1 Å². The third-order valence-corrected chi connectivity index (χ3v) is 5.87. The minimum atomic E-state index is -4.49. The summed E-state index contributed by atoms with van der Waals surface area (Å²) in [6.45, 7) is 2.75. The molecule has 0 saturated carbocycles. The molecule has 1 amide bonds. The minimum Gasteiger partial charge on any atom is -0.497 e. The summed E-state index contributed by atoms with van der Waals surface area (Å²) in [5, 5.41) is 7.09. The van der Waals surface area contributed by atoms with Gasteiger partial charge in [0.1, 0.15) is 17.1 Å². The molecular formula is C20H25F3N5O2+. The lowest BCUT2D eigenvalue weighted by atomic mass is 9.96. The van der Waals surface area contributed by atoms with Gasteiger partial charge < -0.3 is 19.9 Å². The molecule has 10 heteroatoms. The molecule has 0 spiro atoms.